The standard InChI is InChI=1S/C16H25NO3/c1-4-16(7-5-6-8-16)11-17-10-13-9-14(12(2)20-13)15(18)19-3/h9,17H,4-8,10-11H2,1-3H3. The van der Waals surface area contributed by atoms with E-state index < -0.39 is 0 Å². The molecule has 2 rings (SSSR count). The number of hydrogen-bond donors (Lipinski definition) is 1. The predicted molar refractivity (Wildman–Crippen MR) is 77.7 cm³/mol. The Balaban J connectivity index is 1.89. The van der Waals surface area contributed by atoms with Gasteiger partial charge in [0, 0.05) is 6.54 Å². The molecule has 0 aliphatic heterocycles. The van der Waals surface area contributed by atoms with Crippen LogP contribution in [0.15, 0.2) is 10.5 Å². The number of methoxy groups -OCH3 is 1. The predicted octanol–water partition coefficient (Wildman–Crippen LogP) is 3.43. The first-order valence-electron chi connectivity index (χ1n) is 7.48. The lowest BCUT2D eigenvalue weighted by Crippen LogP contribution is -2.31. The number of furan rings is 1. The van der Waals surface area contributed by atoms with Gasteiger partial charge in [-0.05, 0) is 37.7 Å². The average molecular weight is 279 g/mol. The van der Waals surface area contributed by atoms with Crippen LogP contribution in [0.4, 0.5) is 0 Å². The van der Waals surface area contributed by atoms with E-state index in [1.165, 1.54) is 39.2 Å². The molecule has 0 bridgehead atoms. The summed E-state index contributed by atoms with van der Waals surface area (Å²) in [7, 11) is 1.39. The van der Waals surface area contributed by atoms with Crippen molar-refractivity contribution in [1.82, 2.24) is 5.32 Å². The highest BCUT2D eigenvalue weighted by atomic mass is 16.5. The van der Waals surface area contributed by atoms with E-state index in [0.29, 0.717) is 23.3 Å². The summed E-state index contributed by atoms with van der Waals surface area (Å²) < 4.78 is 10.3. The summed E-state index contributed by atoms with van der Waals surface area (Å²) in [6.07, 6.45) is 6.57. The second-order valence-corrected chi connectivity index (χ2v) is 5.84. The summed E-state index contributed by atoms with van der Waals surface area (Å²) in [4.78, 5) is 11.5. The summed E-state index contributed by atoms with van der Waals surface area (Å²) in [5.74, 6) is 1.09. The highest BCUT2D eigenvalue weighted by Gasteiger charge is 2.31. The minimum atomic E-state index is -0.335. The lowest BCUT2D eigenvalue weighted by atomic mass is 9.83. The molecule has 0 amide bonds. The number of nitrogens with one attached hydrogen (secondary N) is 1. The minimum absolute atomic E-state index is 0.335. The van der Waals surface area contributed by atoms with E-state index in [1.54, 1.807) is 13.0 Å². The van der Waals surface area contributed by atoms with E-state index >= 15 is 0 Å². The Morgan fingerprint density at radius 1 is 1.45 bits per heavy atom. The number of carbonyl (C=O) groups is 1. The van der Waals surface area contributed by atoms with Crippen LogP contribution >= 0.6 is 0 Å². The zero-order valence-electron chi connectivity index (χ0n) is 12.8. The van der Waals surface area contributed by atoms with Gasteiger partial charge in [0.1, 0.15) is 17.1 Å². The topological polar surface area (TPSA) is 51.5 Å². The molecule has 0 unspecified atom stereocenters. The van der Waals surface area contributed by atoms with Crippen molar-refractivity contribution in [2.24, 2.45) is 5.41 Å². The van der Waals surface area contributed by atoms with Gasteiger partial charge in [0.15, 0.2) is 0 Å². The number of rotatable bonds is 6. The van der Waals surface area contributed by atoms with Crippen LogP contribution in [0.5, 0.6) is 0 Å². The molecule has 0 saturated heterocycles. The number of hydrogen-bond acceptors (Lipinski definition) is 4. The summed E-state index contributed by atoms with van der Waals surface area (Å²) in [6, 6.07) is 1.78. The van der Waals surface area contributed by atoms with Crippen LogP contribution in [-0.4, -0.2) is 19.6 Å². The van der Waals surface area contributed by atoms with E-state index in [2.05, 4.69) is 12.2 Å². The van der Waals surface area contributed by atoms with Gasteiger partial charge in [-0.2, -0.15) is 0 Å². The third kappa shape index (κ3) is 3.23. The highest BCUT2D eigenvalue weighted by molar-refractivity contribution is 5.90. The zero-order chi connectivity index (χ0) is 14.6. The maximum Gasteiger partial charge on any atom is 0.341 e. The second kappa shape index (κ2) is 6.44. The van der Waals surface area contributed by atoms with Gasteiger partial charge in [0.25, 0.3) is 0 Å². The van der Waals surface area contributed by atoms with Crippen molar-refractivity contribution in [2.45, 2.75) is 52.5 Å². The van der Waals surface area contributed by atoms with Crippen LogP contribution < -0.4 is 5.32 Å². The Hall–Kier alpha value is -1.29. The van der Waals surface area contributed by atoms with Gasteiger partial charge in [-0.3, -0.25) is 0 Å². The SMILES string of the molecule is CCC1(CNCc2cc(C(=O)OC)c(C)o2)CCCC1. The van der Waals surface area contributed by atoms with Gasteiger partial charge in [0.05, 0.1) is 13.7 Å². The monoisotopic (exact) mass is 279 g/mol. The fraction of sp³-hybridized carbons (Fsp3) is 0.688. The summed E-state index contributed by atoms with van der Waals surface area (Å²) >= 11 is 0. The number of ether oxygens (including phenoxy) is 1. The molecule has 0 atom stereocenters. The van der Waals surface area contributed by atoms with E-state index in [-0.39, 0.29) is 5.97 Å². The molecule has 1 saturated carbocycles. The lowest BCUT2D eigenvalue weighted by Gasteiger charge is -2.27. The maximum atomic E-state index is 11.5. The fourth-order valence-electron chi connectivity index (χ4n) is 3.17. The summed E-state index contributed by atoms with van der Waals surface area (Å²) in [5.41, 5.74) is 0.989. The van der Waals surface area contributed by atoms with Crippen LogP contribution in [0.3, 0.4) is 0 Å². The molecule has 1 aromatic heterocycles. The molecule has 1 heterocycles. The Kier molecular flexibility index (Phi) is 4.86. The van der Waals surface area contributed by atoms with Crippen LogP contribution in [0.1, 0.15) is 60.9 Å². The molecule has 112 valence electrons. The minimum Gasteiger partial charge on any atom is -0.465 e. The molecule has 1 aromatic rings. The van der Waals surface area contributed by atoms with E-state index in [0.717, 1.165) is 12.3 Å². The molecule has 20 heavy (non-hydrogen) atoms. The smallest absolute Gasteiger partial charge is 0.341 e. The molecule has 0 radical (unpaired) electrons. The van der Waals surface area contributed by atoms with Gasteiger partial charge in [0.2, 0.25) is 0 Å². The molecule has 1 N–H and O–H groups in total. The molecular weight excluding hydrogens is 254 g/mol. The third-order valence-corrected chi connectivity index (χ3v) is 4.59. The second-order valence-electron chi connectivity index (χ2n) is 5.84. The average Bonchev–Trinajstić information content (AvgIpc) is 3.06. The molecule has 1 aliphatic rings. The van der Waals surface area contributed by atoms with Crippen molar-refractivity contribution in [3.05, 3.63) is 23.2 Å². The first kappa shape index (κ1) is 15.1. The van der Waals surface area contributed by atoms with Crippen LogP contribution in [0.25, 0.3) is 0 Å². The van der Waals surface area contributed by atoms with E-state index in [9.17, 15) is 4.79 Å². The van der Waals surface area contributed by atoms with Gasteiger partial charge < -0.3 is 14.5 Å². The quantitative estimate of drug-likeness (QED) is 0.810. The molecule has 0 spiro atoms. The van der Waals surface area contributed by atoms with Gasteiger partial charge in [-0.15, -0.1) is 0 Å². The van der Waals surface area contributed by atoms with Crippen molar-refractivity contribution in [3.63, 3.8) is 0 Å². The Labute approximate surface area is 120 Å². The maximum absolute atomic E-state index is 11.5. The normalized spacial score (nSPS) is 17.4. The van der Waals surface area contributed by atoms with Crippen molar-refractivity contribution in [1.29, 1.82) is 0 Å². The van der Waals surface area contributed by atoms with Crippen molar-refractivity contribution in [2.75, 3.05) is 13.7 Å². The molecule has 0 aromatic carbocycles. The fourth-order valence-corrected chi connectivity index (χ4v) is 3.17. The van der Waals surface area contributed by atoms with Crippen LogP contribution in [-0.2, 0) is 11.3 Å². The Morgan fingerprint density at radius 2 is 2.15 bits per heavy atom. The van der Waals surface area contributed by atoms with E-state index in [4.69, 9.17) is 9.15 Å². The van der Waals surface area contributed by atoms with Gasteiger partial charge in [-0.25, -0.2) is 4.79 Å². The number of esters is 1. The van der Waals surface area contributed by atoms with Gasteiger partial charge in [-0.1, -0.05) is 19.8 Å². The number of carbonyl (C=O) groups excluding carboxylic acids is 1. The molecule has 1 aliphatic carbocycles. The molecule has 1 fully saturated rings. The van der Waals surface area contributed by atoms with Crippen molar-refractivity contribution >= 4 is 5.97 Å². The largest absolute Gasteiger partial charge is 0.465 e. The Bertz CT molecular complexity index is 458. The van der Waals surface area contributed by atoms with Crippen molar-refractivity contribution < 1.29 is 13.9 Å². The van der Waals surface area contributed by atoms with Crippen LogP contribution in [0.2, 0.25) is 0 Å². The molecule has 4 heteroatoms. The van der Waals surface area contributed by atoms with Crippen LogP contribution in [0, 0.1) is 12.3 Å². The first-order valence-corrected chi connectivity index (χ1v) is 7.48. The van der Waals surface area contributed by atoms with Crippen molar-refractivity contribution in [3.8, 4) is 0 Å². The molecular formula is C16H25NO3. The molecule has 4 nitrogen and oxygen atoms in total. The first-order chi connectivity index (χ1) is 9.60. The number of aryl methyl sites for hydroxylation is 1. The highest BCUT2D eigenvalue weighted by Crippen LogP contribution is 2.40. The summed E-state index contributed by atoms with van der Waals surface area (Å²) in [6.45, 7) is 5.76. The third-order valence-electron chi connectivity index (χ3n) is 4.59. The zero-order valence-corrected chi connectivity index (χ0v) is 12.8. The summed E-state index contributed by atoms with van der Waals surface area (Å²) in [5, 5.41) is 3.49. The Morgan fingerprint density at radius 3 is 2.75 bits per heavy atom. The van der Waals surface area contributed by atoms with E-state index in [1.807, 2.05) is 0 Å². The van der Waals surface area contributed by atoms with Gasteiger partial charge >= 0.3 is 5.97 Å². The lowest BCUT2D eigenvalue weighted by molar-refractivity contribution is 0.0599.